The van der Waals surface area contributed by atoms with E-state index in [1.165, 1.54) is 28.9 Å². The maximum absolute atomic E-state index is 12.8. The van der Waals surface area contributed by atoms with Gasteiger partial charge in [-0.05, 0) is 30.7 Å². The number of fused-ring (bicyclic) bond motifs is 1. The summed E-state index contributed by atoms with van der Waals surface area (Å²) in [4.78, 5) is 21.0. The molecule has 1 amide bonds. The number of anilines is 1. The van der Waals surface area contributed by atoms with Crippen LogP contribution in [-0.2, 0) is 0 Å². The topological polar surface area (TPSA) is 85.3 Å². The van der Waals surface area contributed by atoms with Crippen LogP contribution in [0.4, 0.5) is 14.5 Å². The highest BCUT2D eigenvalue weighted by Gasteiger charge is 2.16. The van der Waals surface area contributed by atoms with E-state index in [0.717, 1.165) is 5.56 Å². The molecular weight excluding hydrogens is 368 g/mol. The molecule has 0 bridgehead atoms. The number of benzene rings is 1. The summed E-state index contributed by atoms with van der Waals surface area (Å²) in [5.41, 5.74) is 2.46. The number of nitrogens with zero attached hydrogens (tertiary/aromatic N) is 4. The Kier molecular flexibility index (Phi) is 4.34. The number of carbonyl (C=O) groups excluding carboxylic acids is 1. The second-order valence-corrected chi connectivity index (χ2v) is 6.25. The minimum atomic E-state index is -2.60. The fourth-order valence-electron chi connectivity index (χ4n) is 2.80. The van der Waals surface area contributed by atoms with Crippen molar-refractivity contribution in [3.05, 3.63) is 65.4 Å². The third-order valence-corrected chi connectivity index (χ3v) is 4.29. The van der Waals surface area contributed by atoms with Crippen molar-refractivity contribution in [3.63, 3.8) is 0 Å². The van der Waals surface area contributed by atoms with Gasteiger partial charge in [0, 0.05) is 29.9 Å². The van der Waals surface area contributed by atoms with Crippen LogP contribution in [0.15, 0.2) is 47.2 Å². The van der Waals surface area contributed by atoms with E-state index >= 15 is 0 Å². The first kappa shape index (κ1) is 17.8. The van der Waals surface area contributed by atoms with Crippen molar-refractivity contribution in [2.24, 2.45) is 0 Å². The molecule has 0 aliphatic rings. The summed E-state index contributed by atoms with van der Waals surface area (Å²) in [7, 11) is 0. The first-order chi connectivity index (χ1) is 13.4. The highest BCUT2D eigenvalue weighted by atomic mass is 19.3. The molecule has 0 fully saturated rings. The molecule has 28 heavy (non-hydrogen) atoms. The number of pyridine rings is 1. The number of carbonyl (C=O) groups is 1. The van der Waals surface area contributed by atoms with E-state index in [0.29, 0.717) is 23.0 Å². The molecule has 3 aromatic heterocycles. The Morgan fingerprint density at radius 2 is 2.04 bits per heavy atom. The van der Waals surface area contributed by atoms with Gasteiger partial charge < -0.3 is 9.84 Å². The zero-order valence-electron chi connectivity index (χ0n) is 15.0. The molecule has 0 unspecified atom stereocenters. The summed E-state index contributed by atoms with van der Waals surface area (Å²) >= 11 is 0. The number of rotatable bonds is 4. The smallest absolute Gasteiger partial charge is 0.274 e. The number of hydrogen-bond acceptors (Lipinski definition) is 5. The van der Waals surface area contributed by atoms with Crippen molar-refractivity contribution in [3.8, 4) is 11.4 Å². The lowest BCUT2D eigenvalue weighted by Crippen LogP contribution is -2.15. The van der Waals surface area contributed by atoms with Gasteiger partial charge in [0.05, 0.1) is 6.20 Å². The van der Waals surface area contributed by atoms with Gasteiger partial charge in [0.2, 0.25) is 11.7 Å². The number of aryl methyl sites for hydroxylation is 2. The lowest BCUT2D eigenvalue weighted by Gasteiger charge is -2.10. The Hall–Kier alpha value is -3.62. The molecule has 0 saturated carbocycles. The summed E-state index contributed by atoms with van der Waals surface area (Å²) in [6.07, 6.45) is 0.157. The van der Waals surface area contributed by atoms with Gasteiger partial charge in [-0.2, -0.15) is 4.98 Å². The van der Waals surface area contributed by atoms with Crippen LogP contribution < -0.4 is 5.32 Å². The Morgan fingerprint density at radius 3 is 2.75 bits per heavy atom. The minimum absolute atomic E-state index is 0.149. The number of halogens is 2. The monoisotopic (exact) mass is 383 g/mol. The van der Waals surface area contributed by atoms with Crippen LogP contribution in [0.3, 0.4) is 0 Å². The van der Waals surface area contributed by atoms with Gasteiger partial charge in [0.1, 0.15) is 11.3 Å². The van der Waals surface area contributed by atoms with Crippen molar-refractivity contribution >= 4 is 17.2 Å². The number of nitrogens with one attached hydrogen (secondary N) is 1. The van der Waals surface area contributed by atoms with Crippen molar-refractivity contribution in [2.75, 3.05) is 5.32 Å². The zero-order chi connectivity index (χ0) is 19.8. The van der Waals surface area contributed by atoms with Crippen LogP contribution in [0, 0.1) is 13.8 Å². The number of amides is 1. The minimum Gasteiger partial charge on any atom is -0.339 e. The first-order valence-electron chi connectivity index (χ1n) is 8.40. The fourth-order valence-corrected chi connectivity index (χ4v) is 2.80. The van der Waals surface area contributed by atoms with Crippen LogP contribution in [0.5, 0.6) is 0 Å². The summed E-state index contributed by atoms with van der Waals surface area (Å²) in [6, 6.07) is 7.93. The zero-order valence-corrected chi connectivity index (χ0v) is 15.0. The molecule has 1 aromatic carbocycles. The van der Waals surface area contributed by atoms with E-state index in [1.807, 2.05) is 19.1 Å². The van der Waals surface area contributed by atoms with E-state index in [1.54, 1.807) is 13.0 Å². The van der Waals surface area contributed by atoms with Gasteiger partial charge in [-0.25, -0.2) is 13.8 Å². The second-order valence-electron chi connectivity index (χ2n) is 6.25. The Morgan fingerprint density at radius 1 is 1.21 bits per heavy atom. The molecule has 4 rings (SSSR count). The first-order valence-corrected chi connectivity index (χ1v) is 8.40. The SMILES string of the molecule is Cc1nc(-c2ccc(C)c(NC(=O)c3cnc4cc(C(F)F)ccn34)c2)no1. The molecule has 3 heterocycles. The predicted molar refractivity (Wildman–Crippen MR) is 97.3 cm³/mol. The second kappa shape index (κ2) is 6.84. The largest absolute Gasteiger partial charge is 0.339 e. The van der Waals surface area contributed by atoms with Gasteiger partial charge >= 0.3 is 0 Å². The van der Waals surface area contributed by atoms with Gasteiger partial charge in [-0.3, -0.25) is 9.20 Å². The standard InChI is InChI=1S/C19H15F2N5O2/c1-10-3-4-13(18-23-11(2)28-25-18)7-14(10)24-19(27)15-9-22-16-8-12(17(20)21)5-6-26(15)16/h3-9,17H,1-2H3,(H,24,27). The lowest BCUT2D eigenvalue weighted by atomic mass is 10.1. The molecule has 4 aromatic rings. The van der Waals surface area contributed by atoms with Crippen LogP contribution in [0.1, 0.15) is 33.9 Å². The van der Waals surface area contributed by atoms with E-state index < -0.39 is 12.3 Å². The van der Waals surface area contributed by atoms with Gasteiger partial charge in [0.25, 0.3) is 12.3 Å². The quantitative estimate of drug-likeness (QED) is 0.571. The Bertz CT molecular complexity index is 1180. The molecule has 0 aliphatic carbocycles. The molecule has 7 nitrogen and oxygen atoms in total. The maximum Gasteiger partial charge on any atom is 0.274 e. The van der Waals surface area contributed by atoms with Gasteiger partial charge in [-0.15, -0.1) is 0 Å². The van der Waals surface area contributed by atoms with E-state index in [-0.39, 0.29) is 16.9 Å². The predicted octanol–water partition coefficient (Wildman–Crippen LogP) is 4.19. The molecule has 0 atom stereocenters. The highest BCUT2D eigenvalue weighted by molar-refractivity contribution is 6.04. The van der Waals surface area contributed by atoms with Crippen LogP contribution >= 0.6 is 0 Å². The summed E-state index contributed by atoms with van der Waals surface area (Å²) in [5.74, 6) is 0.444. The van der Waals surface area contributed by atoms with Crippen molar-refractivity contribution in [1.29, 1.82) is 0 Å². The molecule has 142 valence electrons. The van der Waals surface area contributed by atoms with Gasteiger partial charge in [0.15, 0.2) is 0 Å². The molecule has 0 saturated heterocycles. The maximum atomic E-state index is 12.8. The normalized spacial score (nSPS) is 11.3. The van der Waals surface area contributed by atoms with E-state index in [4.69, 9.17) is 4.52 Å². The van der Waals surface area contributed by atoms with Crippen molar-refractivity contribution < 1.29 is 18.1 Å². The molecule has 1 N–H and O–H groups in total. The van der Waals surface area contributed by atoms with E-state index in [2.05, 4.69) is 20.4 Å². The summed E-state index contributed by atoms with van der Waals surface area (Å²) in [6.45, 7) is 3.54. The van der Waals surface area contributed by atoms with Crippen molar-refractivity contribution in [2.45, 2.75) is 20.3 Å². The fraction of sp³-hybridized carbons (Fsp3) is 0.158. The average molecular weight is 383 g/mol. The number of alkyl halides is 2. The number of aromatic nitrogens is 4. The molecule has 0 radical (unpaired) electrons. The van der Waals surface area contributed by atoms with Crippen LogP contribution in [-0.4, -0.2) is 25.4 Å². The third-order valence-electron chi connectivity index (χ3n) is 4.29. The number of hydrogen-bond donors (Lipinski definition) is 1. The third kappa shape index (κ3) is 3.22. The molecular formula is C19H15F2N5O2. The van der Waals surface area contributed by atoms with Crippen molar-refractivity contribution in [1.82, 2.24) is 19.5 Å². The number of imidazole rings is 1. The highest BCUT2D eigenvalue weighted by Crippen LogP contribution is 2.25. The molecule has 9 heteroatoms. The lowest BCUT2D eigenvalue weighted by molar-refractivity contribution is 0.102. The molecule has 0 aliphatic heterocycles. The Balaban J connectivity index is 1.64. The van der Waals surface area contributed by atoms with Crippen LogP contribution in [0.25, 0.3) is 17.0 Å². The van der Waals surface area contributed by atoms with E-state index in [9.17, 15) is 13.6 Å². The summed E-state index contributed by atoms with van der Waals surface area (Å²) < 4.78 is 32.1. The average Bonchev–Trinajstić information content (AvgIpc) is 3.29. The Labute approximate surface area is 158 Å². The van der Waals surface area contributed by atoms with Gasteiger partial charge in [-0.1, -0.05) is 17.3 Å². The summed E-state index contributed by atoms with van der Waals surface area (Å²) in [5, 5.41) is 6.70. The molecule has 0 spiro atoms. The van der Waals surface area contributed by atoms with Crippen LogP contribution in [0.2, 0.25) is 0 Å².